The summed E-state index contributed by atoms with van der Waals surface area (Å²) >= 11 is 3.75. The molecule has 0 fully saturated rings. The molecule has 0 spiro atoms. The molecular weight excluding hydrogens is 733 g/mol. The molecule has 1 aliphatic rings. The van der Waals surface area contributed by atoms with E-state index in [1.165, 1.54) is 84.5 Å². The highest BCUT2D eigenvalue weighted by Gasteiger charge is 2.26. The number of hydrogen-bond acceptors (Lipinski definition) is 5. The fourth-order valence-corrected chi connectivity index (χ4v) is 11.2. The van der Waals surface area contributed by atoms with Gasteiger partial charge in [-0.15, -0.1) is 22.7 Å². The Bertz CT molecular complexity index is 3320. The summed E-state index contributed by atoms with van der Waals surface area (Å²) in [6, 6.07) is 66.0. The van der Waals surface area contributed by atoms with Crippen LogP contribution in [-0.2, 0) is 0 Å². The lowest BCUT2D eigenvalue weighted by molar-refractivity contribution is 0.409. The van der Waals surface area contributed by atoms with Crippen molar-refractivity contribution in [3.8, 4) is 16.8 Å². The first-order valence-corrected chi connectivity index (χ1v) is 21.0. The molecule has 2 unspecified atom stereocenters. The summed E-state index contributed by atoms with van der Waals surface area (Å²) in [6.07, 6.45) is -0.319. The van der Waals surface area contributed by atoms with Crippen molar-refractivity contribution in [1.29, 1.82) is 0 Å². The maximum atomic E-state index is 5.27. The molecule has 2 atom stereocenters. The number of nitrogens with zero attached hydrogens (tertiary/aromatic N) is 2. The fourth-order valence-electron chi connectivity index (χ4n) is 8.91. The molecule has 1 aliphatic heterocycles. The molecule has 3 aromatic heterocycles. The summed E-state index contributed by atoms with van der Waals surface area (Å²) in [5, 5.41) is 15.2. The van der Waals surface area contributed by atoms with Gasteiger partial charge in [-0.25, -0.2) is 4.99 Å². The lowest BCUT2D eigenvalue weighted by atomic mass is 9.95. The van der Waals surface area contributed by atoms with E-state index in [1.807, 2.05) is 28.7 Å². The minimum atomic E-state index is -0.230. The van der Waals surface area contributed by atoms with Crippen LogP contribution in [0.4, 0.5) is 0 Å². The molecule has 8 aromatic carbocycles. The highest BCUT2D eigenvalue weighted by atomic mass is 32.1. The van der Waals surface area contributed by atoms with E-state index in [0.717, 1.165) is 17.0 Å². The second kappa shape index (κ2) is 13.0. The number of rotatable bonds is 5. The zero-order chi connectivity index (χ0) is 37.5. The van der Waals surface area contributed by atoms with E-state index >= 15 is 0 Å². The van der Waals surface area contributed by atoms with Crippen LogP contribution in [0.3, 0.4) is 0 Å². The van der Waals surface area contributed by atoms with Gasteiger partial charge in [0, 0.05) is 62.4 Å². The average Bonchev–Trinajstić information content (AvgIpc) is 3.96. The van der Waals surface area contributed by atoms with Crippen molar-refractivity contribution in [2.24, 2.45) is 4.99 Å². The fraction of sp³-hybridized carbons (Fsp3) is 0.0392. The van der Waals surface area contributed by atoms with Crippen LogP contribution in [0.25, 0.3) is 79.0 Å². The van der Waals surface area contributed by atoms with Gasteiger partial charge in [0.2, 0.25) is 0 Å². The third kappa shape index (κ3) is 5.26. The Kier molecular flexibility index (Phi) is 7.45. The first-order chi connectivity index (χ1) is 28.2. The second-order valence-corrected chi connectivity index (χ2v) is 16.9. The minimum Gasteiger partial charge on any atom is -0.350 e. The molecule has 57 heavy (non-hydrogen) atoms. The van der Waals surface area contributed by atoms with Gasteiger partial charge in [0.15, 0.2) is 0 Å². The molecule has 12 rings (SSSR count). The maximum absolute atomic E-state index is 5.27. The number of nitrogens with one attached hydrogen (secondary N) is 2. The van der Waals surface area contributed by atoms with E-state index in [9.17, 15) is 0 Å². The van der Waals surface area contributed by atoms with Gasteiger partial charge >= 0.3 is 0 Å². The van der Waals surface area contributed by atoms with Gasteiger partial charge in [0.25, 0.3) is 0 Å². The molecule has 6 heteroatoms. The summed E-state index contributed by atoms with van der Waals surface area (Å²) in [5.41, 5.74) is 9.57. The van der Waals surface area contributed by atoms with Gasteiger partial charge in [-0.1, -0.05) is 133 Å². The largest absolute Gasteiger partial charge is 0.350 e. The van der Waals surface area contributed by atoms with Gasteiger partial charge in [-0.3, -0.25) is 5.32 Å². The molecule has 2 N–H and O–H groups in total. The van der Waals surface area contributed by atoms with Gasteiger partial charge in [0.1, 0.15) is 18.2 Å². The minimum absolute atomic E-state index is 0.0886. The van der Waals surface area contributed by atoms with Crippen molar-refractivity contribution in [3.05, 3.63) is 199 Å². The molecule has 0 saturated carbocycles. The summed E-state index contributed by atoms with van der Waals surface area (Å²) in [7, 11) is 0. The first-order valence-electron chi connectivity index (χ1n) is 19.4. The molecule has 11 aromatic rings. The van der Waals surface area contributed by atoms with Gasteiger partial charge in [0.05, 0.1) is 11.0 Å². The van der Waals surface area contributed by atoms with E-state index in [2.05, 4.69) is 191 Å². The smallest absolute Gasteiger partial charge is 0.131 e. The summed E-state index contributed by atoms with van der Waals surface area (Å²) in [4.78, 5) is 5.27. The molecular formula is C51H34N4S2. The number of thiophene rings is 2. The van der Waals surface area contributed by atoms with Gasteiger partial charge in [-0.05, 0) is 70.8 Å². The topological polar surface area (TPSA) is 41.4 Å². The number of para-hydroxylation sites is 2. The number of amidine groups is 1. The van der Waals surface area contributed by atoms with Crippen molar-refractivity contribution in [1.82, 2.24) is 15.2 Å². The van der Waals surface area contributed by atoms with Crippen molar-refractivity contribution in [3.63, 3.8) is 0 Å². The van der Waals surface area contributed by atoms with E-state index in [0.29, 0.717) is 0 Å². The monoisotopic (exact) mass is 766 g/mol. The van der Waals surface area contributed by atoms with Crippen molar-refractivity contribution < 1.29 is 0 Å². The average molecular weight is 767 g/mol. The Morgan fingerprint density at radius 2 is 1.09 bits per heavy atom. The molecule has 0 radical (unpaired) electrons. The summed E-state index contributed by atoms with van der Waals surface area (Å²) in [5.74, 6) is 0.890. The maximum Gasteiger partial charge on any atom is 0.131 e. The summed E-state index contributed by atoms with van der Waals surface area (Å²) in [6.45, 7) is 0. The number of aliphatic imine (C=N–C) groups is 1. The Balaban J connectivity index is 1.01. The number of hydrogen-bond donors (Lipinski definition) is 2. The number of benzene rings is 8. The van der Waals surface area contributed by atoms with E-state index in [-0.39, 0.29) is 12.3 Å². The Labute approximate surface area is 337 Å². The molecule has 4 nitrogen and oxygen atoms in total. The number of fused-ring (bicyclic) bond motifs is 9. The third-order valence-corrected chi connectivity index (χ3v) is 13.7. The zero-order valence-corrected chi connectivity index (χ0v) is 32.3. The Morgan fingerprint density at radius 1 is 0.456 bits per heavy atom. The lowest BCUT2D eigenvalue weighted by Gasteiger charge is -2.32. The van der Waals surface area contributed by atoms with Gasteiger partial charge < -0.3 is 9.88 Å². The number of aromatic nitrogens is 1. The standard InChI is InChI=1S/C51H34N4S2/c1-3-13-31(14-4-1)49-52-50(32-15-5-2-6-16-32)54-51(53-49)33-25-28-43-40(29-33)48-38(20-12-24-45(48)56-43)37-19-11-23-44-47(37)39-27-26-34(30-46(39)57-44)55-41-21-9-7-17-35(41)36-18-8-10-22-42(36)55/h1-30,49,51,53H,(H,52,54). The van der Waals surface area contributed by atoms with E-state index in [4.69, 9.17) is 4.99 Å². The van der Waals surface area contributed by atoms with Crippen LogP contribution in [0.2, 0.25) is 0 Å². The third-order valence-electron chi connectivity index (χ3n) is 11.5. The van der Waals surface area contributed by atoms with Crippen molar-refractivity contribution in [2.45, 2.75) is 12.3 Å². The molecule has 0 aliphatic carbocycles. The Morgan fingerprint density at radius 3 is 1.81 bits per heavy atom. The van der Waals surface area contributed by atoms with E-state index in [1.54, 1.807) is 0 Å². The molecule has 4 heterocycles. The highest BCUT2D eigenvalue weighted by Crippen LogP contribution is 2.46. The highest BCUT2D eigenvalue weighted by molar-refractivity contribution is 7.26. The molecule has 0 bridgehead atoms. The lowest BCUT2D eigenvalue weighted by Crippen LogP contribution is -2.44. The Hall–Kier alpha value is -6.57. The van der Waals surface area contributed by atoms with E-state index < -0.39 is 0 Å². The predicted octanol–water partition coefficient (Wildman–Crippen LogP) is 13.5. The van der Waals surface area contributed by atoms with Crippen LogP contribution >= 0.6 is 22.7 Å². The quantitative estimate of drug-likeness (QED) is 0.183. The summed E-state index contributed by atoms with van der Waals surface area (Å²) < 4.78 is 7.57. The van der Waals surface area contributed by atoms with Crippen LogP contribution in [0.15, 0.2) is 187 Å². The van der Waals surface area contributed by atoms with Crippen LogP contribution in [-0.4, -0.2) is 10.4 Å². The normalized spacial score (nSPS) is 15.9. The zero-order valence-electron chi connectivity index (χ0n) is 30.7. The van der Waals surface area contributed by atoms with Crippen LogP contribution in [0.1, 0.15) is 29.0 Å². The van der Waals surface area contributed by atoms with Crippen molar-refractivity contribution in [2.75, 3.05) is 0 Å². The predicted molar refractivity (Wildman–Crippen MR) is 243 cm³/mol. The van der Waals surface area contributed by atoms with Gasteiger partial charge in [-0.2, -0.15) is 0 Å². The van der Waals surface area contributed by atoms with Crippen molar-refractivity contribution >= 4 is 90.7 Å². The van der Waals surface area contributed by atoms with Crippen LogP contribution in [0, 0.1) is 0 Å². The van der Waals surface area contributed by atoms with Crippen LogP contribution in [0.5, 0.6) is 0 Å². The molecule has 0 amide bonds. The second-order valence-electron chi connectivity index (χ2n) is 14.8. The molecule has 270 valence electrons. The van der Waals surface area contributed by atoms with Crippen LogP contribution < -0.4 is 10.6 Å². The SMILES string of the molecule is c1ccc(C2=NC(c3ccc4sc5cccc(-c6cccc7sc8cc(-n9c%10ccccc%10c%10ccccc%109)ccc8c67)c5c4c3)NC(c3ccccc3)N2)cc1. The first kappa shape index (κ1) is 32.7. The molecule has 0 saturated heterocycles.